The van der Waals surface area contributed by atoms with Crippen molar-refractivity contribution in [3.63, 3.8) is 0 Å². The molecule has 0 rings (SSSR count). The van der Waals surface area contributed by atoms with Crippen molar-refractivity contribution in [3.8, 4) is 0 Å². The first-order valence-electron chi connectivity index (χ1n) is 1.94. The second-order valence-corrected chi connectivity index (χ2v) is 1.91. The molecule has 0 fully saturated rings. The number of carbonyl (C=O) groups excluding carboxylic acids is 1. The fourth-order valence-electron chi connectivity index (χ4n) is 0.178. The lowest BCUT2D eigenvalue weighted by Crippen LogP contribution is -2.10. The minimum absolute atomic E-state index is 0.132. The summed E-state index contributed by atoms with van der Waals surface area (Å²) in [5, 5.41) is 0. The molecule has 4 heteroatoms. The quantitative estimate of drug-likeness (QED) is 0.361. The zero-order chi connectivity index (χ0) is 6.57. The SMILES string of the molecule is COC(=O)C(C)=S=O. The van der Waals surface area contributed by atoms with Gasteiger partial charge in [-0.15, -0.1) is 0 Å². The second kappa shape index (κ2) is 3.37. The van der Waals surface area contributed by atoms with Crippen molar-refractivity contribution in [2.24, 2.45) is 0 Å². The van der Waals surface area contributed by atoms with Crippen LogP contribution in [0.1, 0.15) is 6.92 Å². The van der Waals surface area contributed by atoms with Crippen LogP contribution in [-0.4, -0.2) is 22.2 Å². The van der Waals surface area contributed by atoms with Crippen molar-refractivity contribution >= 4 is 22.1 Å². The molecule has 0 aromatic carbocycles. The maximum atomic E-state index is 10.3. The van der Waals surface area contributed by atoms with Crippen molar-refractivity contribution in [3.05, 3.63) is 0 Å². The van der Waals surface area contributed by atoms with E-state index >= 15 is 0 Å². The molecule has 0 atom stereocenters. The van der Waals surface area contributed by atoms with Crippen LogP contribution in [0, 0.1) is 0 Å². The molecule has 0 aliphatic heterocycles. The highest BCUT2D eigenvalue weighted by atomic mass is 32.1. The lowest BCUT2D eigenvalue weighted by atomic mass is 10.5. The van der Waals surface area contributed by atoms with E-state index in [-0.39, 0.29) is 16.1 Å². The Kier molecular flexibility index (Phi) is 3.10. The zero-order valence-corrected chi connectivity index (χ0v) is 5.45. The highest BCUT2D eigenvalue weighted by Crippen LogP contribution is 1.73. The van der Waals surface area contributed by atoms with E-state index in [2.05, 4.69) is 4.74 Å². The summed E-state index contributed by atoms with van der Waals surface area (Å²) in [6.45, 7) is 1.42. The van der Waals surface area contributed by atoms with Crippen LogP contribution in [0.2, 0.25) is 0 Å². The van der Waals surface area contributed by atoms with Gasteiger partial charge in [0.1, 0.15) is 4.86 Å². The van der Waals surface area contributed by atoms with Crippen LogP contribution < -0.4 is 0 Å². The number of methoxy groups -OCH3 is 1. The molecule has 0 aliphatic rings. The Morgan fingerprint density at radius 1 is 1.62 bits per heavy atom. The third-order valence-electron chi connectivity index (χ3n) is 0.598. The van der Waals surface area contributed by atoms with Gasteiger partial charge in [-0.25, -0.2) is 9.00 Å². The van der Waals surface area contributed by atoms with Crippen LogP contribution in [0.4, 0.5) is 0 Å². The van der Waals surface area contributed by atoms with Crippen LogP contribution in [0.5, 0.6) is 0 Å². The summed E-state index contributed by atoms with van der Waals surface area (Å²) >= 11 is 0.150. The molecular weight excluding hydrogens is 128 g/mol. The Morgan fingerprint density at radius 2 is 2.12 bits per heavy atom. The molecule has 0 spiro atoms. The molecule has 0 N–H and O–H groups in total. The lowest BCUT2D eigenvalue weighted by Gasteiger charge is -1.89. The summed E-state index contributed by atoms with van der Waals surface area (Å²) in [6, 6.07) is 0. The number of carbonyl (C=O) groups is 1. The molecule has 0 bridgehead atoms. The lowest BCUT2D eigenvalue weighted by molar-refractivity contribution is -0.132. The van der Waals surface area contributed by atoms with Gasteiger partial charge in [-0.1, -0.05) is 0 Å². The van der Waals surface area contributed by atoms with Crippen LogP contribution in [0.25, 0.3) is 0 Å². The van der Waals surface area contributed by atoms with Gasteiger partial charge in [0.2, 0.25) is 0 Å². The van der Waals surface area contributed by atoms with Crippen LogP contribution in [-0.2, 0) is 20.8 Å². The van der Waals surface area contributed by atoms with Gasteiger partial charge in [-0.2, -0.15) is 0 Å². The van der Waals surface area contributed by atoms with Gasteiger partial charge >= 0.3 is 5.97 Å². The van der Waals surface area contributed by atoms with E-state index in [1.807, 2.05) is 0 Å². The van der Waals surface area contributed by atoms with E-state index in [9.17, 15) is 9.00 Å². The van der Waals surface area contributed by atoms with Gasteiger partial charge < -0.3 is 4.74 Å². The number of esters is 1. The first-order chi connectivity index (χ1) is 3.72. The van der Waals surface area contributed by atoms with E-state index in [0.717, 1.165) is 0 Å². The molecule has 0 saturated heterocycles. The smallest absolute Gasteiger partial charge is 0.346 e. The first-order valence-corrected chi connectivity index (χ1v) is 2.68. The fourth-order valence-corrected chi connectivity index (χ4v) is 0.329. The second-order valence-electron chi connectivity index (χ2n) is 1.13. The van der Waals surface area contributed by atoms with E-state index in [1.165, 1.54) is 14.0 Å². The summed E-state index contributed by atoms with van der Waals surface area (Å²) < 4.78 is 14.0. The van der Waals surface area contributed by atoms with Gasteiger partial charge in [0.15, 0.2) is 0 Å². The highest BCUT2D eigenvalue weighted by Gasteiger charge is 2.01. The standard InChI is InChI=1S/C4H6O3S/c1-3(8-6)4(5)7-2/h1-2H3. The van der Waals surface area contributed by atoms with Crippen LogP contribution >= 0.6 is 0 Å². The highest BCUT2D eigenvalue weighted by molar-refractivity contribution is 7.68. The van der Waals surface area contributed by atoms with E-state index < -0.39 is 5.97 Å². The topological polar surface area (TPSA) is 43.4 Å². The number of hydrogen-bond donors (Lipinski definition) is 0. The Bertz CT molecular complexity index is 145. The van der Waals surface area contributed by atoms with Crippen LogP contribution in [0.3, 0.4) is 0 Å². The largest absolute Gasteiger partial charge is 0.465 e. The molecule has 0 aliphatic carbocycles. The minimum atomic E-state index is -0.551. The van der Waals surface area contributed by atoms with Crippen molar-refractivity contribution in [2.45, 2.75) is 6.92 Å². The molecule has 0 radical (unpaired) electrons. The third kappa shape index (κ3) is 1.88. The Balaban J connectivity index is 4.04. The zero-order valence-electron chi connectivity index (χ0n) is 4.63. The molecule has 46 valence electrons. The predicted octanol–water partition coefficient (Wildman–Crippen LogP) is -0.435. The van der Waals surface area contributed by atoms with Crippen molar-refractivity contribution in [1.82, 2.24) is 0 Å². The van der Waals surface area contributed by atoms with Gasteiger partial charge in [-0.3, -0.25) is 0 Å². The van der Waals surface area contributed by atoms with Gasteiger partial charge in [0, 0.05) is 0 Å². The molecule has 0 heterocycles. The average Bonchev–Trinajstić information content (AvgIpc) is 1.84. The van der Waals surface area contributed by atoms with Gasteiger partial charge in [-0.05, 0) is 6.92 Å². The first kappa shape index (κ1) is 7.36. The fraction of sp³-hybridized carbons (Fsp3) is 0.500. The van der Waals surface area contributed by atoms with E-state index in [0.29, 0.717) is 0 Å². The maximum Gasteiger partial charge on any atom is 0.346 e. The van der Waals surface area contributed by atoms with E-state index in [1.54, 1.807) is 0 Å². The summed E-state index contributed by atoms with van der Waals surface area (Å²) in [7, 11) is 1.24. The number of ether oxygens (including phenoxy) is 1. The number of hydrogen-bond acceptors (Lipinski definition) is 3. The third-order valence-corrected chi connectivity index (χ3v) is 1.01. The molecule has 0 unspecified atom stereocenters. The molecule has 0 aromatic heterocycles. The molecule has 8 heavy (non-hydrogen) atoms. The summed E-state index contributed by atoms with van der Waals surface area (Å²) in [6.07, 6.45) is 0. The summed E-state index contributed by atoms with van der Waals surface area (Å²) in [5.41, 5.74) is 0. The van der Waals surface area contributed by atoms with Crippen molar-refractivity contribution < 1.29 is 13.7 Å². The molecular formula is C4H6O3S. The Morgan fingerprint density at radius 3 is 2.25 bits per heavy atom. The maximum absolute atomic E-state index is 10.3. The predicted molar refractivity (Wildman–Crippen MR) is 30.8 cm³/mol. The van der Waals surface area contributed by atoms with Crippen molar-refractivity contribution in [2.75, 3.05) is 7.11 Å². The average molecular weight is 134 g/mol. The molecule has 0 amide bonds. The Hall–Kier alpha value is -0.640. The molecule has 3 nitrogen and oxygen atoms in total. The minimum Gasteiger partial charge on any atom is -0.465 e. The molecule has 0 aromatic rings. The van der Waals surface area contributed by atoms with Gasteiger partial charge in [0.05, 0.1) is 18.4 Å². The normalized spacial score (nSPS) is 7.75. The molecule has 0 saturated carbocycles. The van der Waals surface area contributed by atoms with Crippen LogP contribution in [0.15, 0.2) is 0 Å². The number of rotatable bonds is 1. The summed E-state index contributed by atoms with van der Waals surface area (Å²) in [4.78, 5) is 10.4. The summed E-state index contributed by atoms with van der Waals surface area (Å²) in [5.74, 6) is -0.551. The Labute approximate surface area is 50.7 Å². The van der Waals surface area contributed by atoms with Gasteiger partial charge in [0.25, 0.3) is 0 Å². The monoisotopic (exact) mass is 134 g/mol. The van der Waals surface area contributed by atoms with E-state index in [4.69, 9.17) is 0 Å². The van der Waals surface area contributed by atoms with Crippen molar-refractivity contribution in [1.29, 1.82) is 0 Å².